The summed E-state index contributed by atoms with van der Waals surface area (Å²) in [6.07, 6.45) is 1.68. The van der Waals surface area contributed by atoms with Crippen molar-refractivity contribution in [3.63, 3.8) is 0 Å². The van der Waals surface area contributed by atoms with Crippen LogP contribution in [0.4, 0.5) is 5.82 Å². The molecule has 116 valence electrons. The second-order valence-electron chi connectivity index (χ2n) is 4.71. The molecule has 3 N–H and O–H groups in total. The van der Waals surface area contributed by atoms with Crippen molar-refractivity contribution in [2.75, 3.05) is 25.3 Å². The number of aromatic amines is 1. The molecule has 0 saturated heterocycles. The third-order valence-electron chi connectivity index (χ3n) is 3.40. The summed E-state index contributed by atoms with van der Waals surface area (Å²) in [7, 11) is 2.96. The zero-order valence-electron chi connectivity index (χ0n) is 12.0. The maximum absolute atomic E-state index is 11.8. The Kier molecular flexibility index (Phi) is 3.84. The van der Waals surface area contributed by atoms with Gasteiger partial charge >= 0.3 is 0 Å². The number of methoxy groups -OCH3 is 2. The van der Waals surface area contributed by atoms with Crippen molar-refractivity contribution in [2.45, 2.75) is 5.25 Å². The van der Waals surface area contributed by atoms with Crippen LogP contribution in [0.5, 0.6) is 17.2 Å². The monoisotopic (exact) mass is 321 g/mol. The summed E-state index contributed by atoms with van der Waals surface area (Å²) in [5.74, 6) is 1.42. The fourth-order valence-electron chi connectivity index (χ4n) is 2.36. The third kappa shape index (κ3) is 2.45. The van der Waals surface area contributed by atoms with Crippen molar-refractivity contribution >= 4 is 23.5 Å². The van der Waals surface area contributed by atoms with Crippen LogP contribution in [-0.4, -0.2) is 41.2 Å². The molecular formula is C14H15N3O4S. The highest BCUT2D eigenvalue weighted by Crippen LogP contribution is 2.46. The van der Waals surface area contributed by atoms with Gasteiger partial charge in [-0.3, -0.25) is 9.89 Å². The molecule has 3 rings (SSSR count). The van der Waals surface area contributed by atoms with Gasteiger partial charge in [-0.15, -0.1) is 11.8 Å². The first-order valence-electron chi connectivity index (χ1n) is 6.53. The van der Waals surface area contributed by atoms with E-state index in [2.05, 4.69) is 15.5 Å². The molecule has 1 amide bonds. The number of phenolic OH excluding ortho intramolecular Hbond substituents is 1. The smallest absolute Gasteiger partial charge is 0.235 e. The number of H-pyrrole nitrogens is 1. The number of aromatic hydroxyl groups is 1. The summed E-state index contributed by atoms with van der Waals surface area (Å²) < 4.78 is 10.4. The number of ether oxygens (including phenoxy) is 2. The number of aromatic nitrogens is 2. The van der Waals surface area contributed by atoms with Gasteiger partial charge in [0.1, 0.15) is 5.82 Å². The highest BCUT2D eigenvalue weighted by molar-refractivity contribution is 8.00. The van der Waals surface area contributed by atoms with Crippen molar-refractivity contribution in [2.24, 2.45) is 0 Å². The molecule has 1 aromatic heterocycles. The first-order valence-corrected chi connectivity index (χ1v) is 7.58. The molecule has 0 fully saturated rings. The van der Waals surface area contributed by atoms with Crippen molar-refractivity contribution in [3.05, 3.63) is 29.5 Å². The predicted octanol–water partition coefficient (Wildman–Crippen LogP) is 1.91. The molecule has 0 radical (unpaired) electrons. The lowest BCUT2D eigenvalue weighted by Crippen LogP contribution is -2.12. The number of amides is 1. The van der Waals surface area contributed by atoms with E-state index in [1.54, 1.807) is 18.3 Å². The molecule has 2 heterocycles. The van der Waals surface area contributed by atoms with Gasteiger partial charge in [0.05, 0.1) is 31.4 Å². The zero-order valence-corrected chi connectivity index (χ0v) is 12.9. The van der Waals surface area contributed by atoms with Crippen molar-refractivity contribution in [1.82, 2.24) is 10.2 Å². The summed E-state index contributed by atoms with van der Waals surface area (Å²) in [4.78, 5) is 11.8. The van der Waals surface area contributed by atoms with Crippen LogP contribution in [0, 0.1) is 0 Å². The Balaban J connectivity index is 2.09. The number of carbonyl (C=O) groups excluding carboxylic acids is 1. The second-order valence-corrected chi connectivity index (χ2v) is 5.81. The number of anilines is 1. The van der Waals surface area contributed by atoms with E-state index in [0.29, 0.717) is 23.1 Å². The number of thioether (sulfide) groups is 1. The average Bonchev–Trinajstić information content (AvgIpc) is 2.90. The van der Waals surface area contributed by atoms with Crippen LogP contribution >= 0.6 is 11.8 Å². The molecule has 7 nitrogen and oxygen atoms in total. The first kappa shape index (κ1) is 14.6. The maximum Gasteiger partial charge on any atom is 0.235 e. The van der Waals surface area contributed by atoms with Crippen molar-refractivity contribution in [1.29, 1.82) is 0 Å². The summed E-state index contributed by atoms with van der Waals surface area (Å²) in [5, 5.41) is 19.5. The molecule has 0 unspecified atom stereocenters. The number of nitrogens with one attached hydrogen (secondary N) is 2. The standard InChI is InChI=1S/C14H15N3O4S/c1-20-9-3-7(4-10(21-2)12(9)19)13-8-5-15-17-14(8)16-11(18)6-22-13/h3-5,13,19H,6H2,1-2H3,(H2,15,16,17,18)/t13-/m0/s1. The summed E-state index contributed by atoms with van der Waals surface area (Å²) in [6, 6.07) is 3.48. The minimum absolute atomic E-state index is 0.0472. The molecule has 1 atom stereocenters. The van der Waals surface area contributed by atoms with E-state index in [-0.39, 0.29) is 16.9 Å². The van der Waals surface area contributed by atoms with Gasteiger partial charge in [-0.1, -0.05) is 0 Å². The van der Waals surface area contributed by atoms with E-state index in [1.807, 2.05) is 0 Å². The van der Waals surface area contributed by atoms with Gasteiger partial charge in [0.2, 0.25) is 11.7 Å². The minimum Gasteiger partial charge on any atom is -0.502 e. The Hall–Kier alpha value is -2.35. The number of carbonyl (C=O) groups is 1. The number of hydrogen-bond acceptors (Lipinski definition) is 6. The van der Waals surface area contributed by atoms with Crippen molar-refractivity contribution in [3.8, 4) is 17.2 Å². The topological polar surface area (TPSA) is 96.5 Å². The molecule has 1 aliphatic rings. The number of hydrogen-bond donors (Lipinski definition) is 3. The van der Waals surface area contributed by atoms with E-state index in [9.17, 15) is 9.90 Å². The molecule has 0 spiro atoms. The van der Waals surface area contributed by atoms with E-state index >= 15 is 0 Å². The van der Waals surface area contributed by atoms with Crippen LogP contribution in [0.2, 0.25) is 0 Å². The summed E-state index contributed by atoms with van der Waals surface area (Å²) in [5.41, 5.74) is 1.72. The Labute approximate surface area is 131 Å². The Bertz CT molecular complexity index is 691. The van der Waals surface area contributed by atoms with E-state index < -0.39 is 0 Å². The average molecular weight is 321 g/mol. The lowest BCUT2D eigenvalue weighted by molar-refractivity contribution is -0.113. The van der Waals surface area contributed by atoms with Crippen molar-refractivity contribution < 1.29 is 19.4 Å². The number of rotatable bonds is 3. The Morgan fingerprint density at radius 1 is 1.32 bits per heavy atom. The SMILES string of the molecule is COc1cc([C@@H]2SCC(=O)Nc3[nH]ncc32)cc(OC)c1O. The van der Waals surface area contributed by atoms with Crippen LogP contribution in [-0.2, 0) is 4.79 Å². The van der Waals surface area contributed by atoms with Gasteiger partial charge in [-0.2, -0.15) is 5.10 Å². The van der Waals surface area contributed by atoms with Gasteiger partial charge in [0, 0.05) is 5.56 Å². The number of nitrogens with zero attached hydrogens (tertiary/aromatic N) is 1. The summed E-state index contributed by atoms with van der Waals surface area (Å²) in [6.45, 7) is 0. The molecule has 0 aliphatic carbocycles. The lowest BCUT2D eigenvalue weighted by Gasteiger charge is -2.17. The largest absolute Gasteiger partial charge is 0.502 e. The lowest BCUT2D eigenvalue weighted by atomic mass is 10.1. The van der Waals surface area contributed by atoms with Gasteiger partial charge in [-0.05, 0) is 17.7 Å². The molecule has 22 heavy (non-hydrogen) atoms. The fraction of sp³-hybridized carbons (Fsp3) is 0.286. The van der Waals surface area contributed by atoms with E-state index in [1.165, 1.54) is 26.0 Å². The number of phenols is 1. The normalized spacial score (nSPS) is 17.4. The second kappa shape index (κ2) is 5.80. The quantitative estimate of drug-likeness (QED) is 0.799. The van der Waals surface area contributed by atoms with E-state index in [0.717, 1.165) is 11.1 Å². The van der Waals surface area contributed by atoms with Crippen LogP contribution in [0.1, 0.15) is 16.4 Å². The maximum atomic E-state index is 11.8. The van der Waals surface area contributed by atoms with Gasteiger partial charge in [0.25, 0.3) is 0 Å². The van der Waals surface area contributed by atoms with Crippen LogP contribution in [0.3, 0.4) is 0 Å². The fourth-order valence-corrected chi connectivity index (χ4v) is 3.44. The summed E-state index contributed by atoms with van der Waals surface area (Å²) >= 11 is 1.47. The highest BCUT2D eigenvalue weighted by Gasteiger charge is 2.27. The van der Waals surface area contributed by atoms with Crippen LogP contribution < -0.4 is 14.8 Å². The molecule has 1 aromatic carbocycles. The van der Waals surface area contributed by atoms with Gasteiger partial charge in [-0.25, -0.2) is 0 Å². The molecular weight excluding hydrogens is 306 g/mol. The zero-order chi connectivity index (χ0) is 15.7. The Morgan fingerprint density at radius 3 is 2.64 bits per heavy atom. The molecule has 0 bridgehead atoms. The van der Waals surface area contributed by atoms with E-state index in [4.69, 9.17) is 9.47 Å². The molecule has 2 aromatic rings. The molecule has 0 saturated carbocycles. The highest BCUT2D eigenvalue weighted by atomic mass is 32.2. The molecule has 8 heteroatoms. The van der Waals surface area contributed by atoms with Gasteiger partial charge in [0.15, 0.2) is 11.5 Å². The first-order chi connectivity index (χ1) is 10.6. The van der Waals surface area contributed by atoms with Gasteiger partial charge < -0.3 is 19.9 Å². The number of benzene rings is 1. The predicted molar refractivity (Wildman–Crippen MR) is 82.7 cm³/mol. The van der Waals surface area contributed by atoms with Crippen LogP contribution in [0.25, 0.3) is 0 Å². The third-order valence-corrected chi connectivity index (χ3v) is 4.69. The molecule has 1 aliphatic heterocycles. The Morgan fingerprint density at radius 2 is 2.00 bits per heavy atom. The number of fused-ring (bicyclic) bond motifs is 1. The van der Waals surface area contributed by atoms with Crippen LogP contribution in [0.15, 0.2) is 18.3 Å². The minimum atomic E-state index is -0.129.